The lowest BCUT2D eigenvalue weighted by Crippen LogP contribution is -2.20. The van der Waals surface area contributed by atoms with E-state index >= 15 is 0 Å². The fourth-order valence-electron chi connectivity index (χ4n) is 2.56. The number of rotatable bonds is 2. The number of benzene rings is 1. The van der Waals surface area contributed by atoms with Crippen LogP contribution in [-0.4, -0.2) is 39.4 Å². The van der Waals surface area contributed by atoms with Crippen molar-refractivity contribution in [2.24, 2.45) is 4.99 Å². The minimum atomic E-state index is -1.05. The molecule has 1 aliphatic rings. The Kier molecular flexibility index (Phi) is 2.78. The summed E-state index contributed by atoms with van der Waals surface area (Å²) in [7, 11) is 0. The first kappa shape index (κ1) is 12.4. The van der Waals surface area contributed by atoms with Gasteiger partial charge in [0, 0.05) is 29.2 Å². The summed E-state index contributed by atoms with van der Waals surface area (Å²) in [6.45, 7) is 0. The molecule has 6 nitrogen and oxygen atoms in total. The van der Waals surface area contributed by atoms with E-state index in [2.05, 4.69) is 9.98 Å². The third-order valence-corrected chi connectivity index (χ3v) is 3.52. The number of H-pyrrole nitrogens is 1. The molecule has 0 radical (unpaired) electrons. The second kappa shape index (κ2) is 4.48. The molecule has 2 atom stereocenters. The third kappa shape index (κ3) is 1.85. The summed E-state index contributed by atoms with van der Waals surface area (Å²) in [5, 5.41) is 19.3. The number of para-hydroxylation sites is 1. The highest BCUT2D eigenvalue weighted by Crippen LogP contribution is 2.31. The van der Waals surface area contributed by atoms with Crippen molar-refractivity contribution < 1.29 is 19.8 Å². The number of carbonyl (C=O) groups is 2. The summed E-state index contributed by atoms with van der Waals surface area (Å²) in [5.41, 5.74) is 2.05. The maximum atomic E-state index is 11.4. The molecule has 1 aromatic carbocycles. The summed E-state index contributed by atoms with van der Waals surface area (Å²) in [6.07, 6.45) is 1.40. The van der Waals surface area contributed by atoms with Crippen molar-refractivity contribution in [3.63, 3.8) is 0 Å². The number of aliphatic imine (C=N–C) groups is 1. The lowest BCUT2D eigenvalue weighted by Gasteiger charge is -2.06. The van der Waals surface area contributed by atoms with Gasteiger partial charge in [-0.2, -0.15) is 0 Å². The zero-order valence-corrected chi connectivity index (χ0v) is 10.4. The summed E-state index contributed by atoms with van der Waals surface area (Å²) in [6, 6.07) is 6.44. The molecule has 2 aromatic rings. The first-order chi connectivity index (χ1) is 9.58. The van der Waals surface area contributed by atoms with Crippen molar-refractivity contribution >= 4 is 29.1 Å². The van der Waals surface area contributed by atoms with Gasteiger partial charge in [-0.1, -0.05) is 18.2 Å². The number of hydrogen-bond acceptors (Lipinski definition) is 3. The van der Waals surface area contributed by atoms with E-state index < -0.39 is 23.9 Å². The van der Waals surface area contributed by atoms with Crippen LogP contribution in [0.1, 0.15) is 17.2 Å². The molecule has 0 saturated heterocycles. The Morgan fingerprint density at radius 1 is 1.20 bits per heavy atom. The quantitative estimate of drug-likeness (QED) is 0.769. The molecular weight excluding hydrogens is 260 g/mol. The highest BCUT2D eigenvalue weighted by Gasteiger charge is 2.30. The number of carboxylic acids is 2. The summed E-state index contributed by atoms with van der Waals surface area (Å²) in [5.74, 6) is -3.04. The Balaban J connectivity index is 2.23. The van der Waals surface area contributed by atoms with Crippen LogP contribution < -0.4 is 0 Å². The molecule has 20 heavy (non-hydrogen) atoms. The van der Waals surface area contributed by atoms with Crippen molar-refractivity contribution in [3.8, 4) is 0 Å². The van der Waals surface area contributed by atoms with Gasteiger partial charge in [0.25, 0.3) is 0 Å². The SMILES string of the molecule is O=C(O)C1Cc2c([nH]c3ccccc23)C(C(=O)O)C=N1. The maximum absolute atomic E-state index is 11.4. The van der Waals surface area contributed by atoms with E-state index in [1.807, 2.05) is 24.3 Å². The summed E-state index contributed by atoms with van der Waals surface area (Å²) < 4.78 is 0. The number of hydrogen-bond donors (Lipinski definition) is 3. The van der Waals surface area contributed by atoms with E-state index in [0.717, 1.165) is 16.5 Å². The Morgan fingerprint density at radius 2 is 1.95 bits per heavy atom. The van der Waals surface area contributed by atoms with Gasteiger partial charge in [-0.25, -0.2) is 4.79 Å². The predicted octanol–water partition coefficient (Wildman–Crippen LogP) is 1.42. The van der Waals surface area contributed by atoms with E-state index in [1.54, 1.807) is 0 Å². The molecule has 0 saturated carbocycles. The fraction of sp³-hybridized carbons (Fsp3) is 0.214. The average molecular weight is 272 g/mol. The highest BCUT2D eigenvalue weighted by atomic mass is 16.4. The van der Waals surface area contributed by atoms with Crippen LogP contribution in [0.3, 0.4) is 0 Å². The van der Waals surface area contributed by atoms with Crippen LogP contribution >= 0.6 is 0 Å². The number of carboxylic acid groups (broad SMARTS) is 2. The summed E-state index contributed by atoms with van der Waals surface area (Å²) in [4.78, 5) is 29.5. The third-order valence-electron chi connectivity index (χ3n) is 3.52. The molecule has 0 bridgehead atoms. The van der Waals surface area contributed by atoms with Crippen LogP contribution in [-0.2, 0) is 16.0 Å². The Hall–Kier alpha value is -2.63. The van der Waals surface area contributed by atoms with Crippen molar-refractivity contribution in [3.05, 3.63) is 35.5 Å². The van der Waals surface area contributed by atoms with E-state index in [9.17, 15) is 14.7 Å². The minimum Gasteiger partial charge on any atom is -0.480 e. The normalized spacial score (nSPS) is 21.4. The molecule has 102 valence electrons. The van der Waals surface area contributed by atoms with Crippen LogP contribution in [0.25, 0.3) is 10.9 Å². The van der Waals surface area contributed by atoms with Gasteiger partial charge >= 0.3 is 11.9 Å². The van der Waals surface area contributed by atoms with Crippen molar-refractivity contribution in [1.82, 2.24) is 4.98 Å². The zero-order valence-electron chi connectivity index (χ0n) is 10.4. The van der Waals surface area contributed by atoms with Gasteiger partial charge in [0.2, 0.25) is 0 Å². The molecule has 0 aliphatic carbocycles. The number of aromatic nitrogens is 1. The van der Waals surface area contributed by atoms with Gasteiger partial charge in [0.1, 0.15) is 5.92 Å². The predicted molar refractivity (Wildman–Crippen MR) is 72.3 cm³/mol. The minimum absolute atomic E-state index is 0.189. The smallest absolute Gasteiger partial charge is 0.328 e. The largest absolute Gasteiger partial charge is 0.480 e. The van der Waals surface area contributed by atoms with Crippen LogP contribution in [0.2, 0.25) is 0 Å². The number of nitrogens with one attached hydrogen (secondary N) is 1. The van der Waals surface area contributed by atoms with Gasteiger partial charge in [-0.3, -0.25) is 9.79 Å². The van der Waals surface area contributed by atoms with E-state index in [4.69, 9.17) is 5.11 Å². The molecule has 1 aliphatic heterocycles. The molecule has 6 heteroatoms. The topological polar surface area (TPSA) is 103 Å². The second-order valence-corrected chi connectivity index (χ2v) is 4.74. The van der Waals surface area contributed by atoms with E-state index in [0.29, 0.717) is 5.69 Å². The molecular formula is C14H12N2O4. The first-order valence-electron chi connectivity index (χ1n) is 6.16. The van der Waals surface area contributed by atoms with Crippen LogP contribution in [0.4, 0.5) is 0 Å². The van der Waals surface area contributed by atoms with Crippen LogP contribution in [0, 0.1) is 0 Å². The maximum Gasteiger partial charge on any atom is 0.328 e. The van der Waals surface area contributed by atoms with Gasteiger partial charge in [0.15, 0.2) is 6.04 Å². The summed E-state index contributed by atoms with van der Waals surface area (Å²) >= 11 is 0. The molecule has 3 N–H and O–H groups in total. The van der Waals surface area contributed by atoms with Gasteiger partial charge in [-0.15, -0.1) is 0 Å². The van der Waals surface area contributed by atoms with Crippen LogP contribution in [0.5, 0.6) is 0 Å². The zero-order chi connectivity index (χ0) is 14.3. The van der Waals surface area contributed by atoms with Crippen molar-refractivity contribution in [2.45, 2.75) is 18.4 Å². The average Bonchev–Trinajstić information content (AvgIpc) is 2.64. The molecule has 1 aromatic heterocycles. The molecule has 2 heterocycles. The van der Waals surface area contributed by atoms with Crippen molar-refractivity contribution in [1.29, 1.82) is 0 Å². The lowest BCUT2D eigenvalue weighted by atomic mass is 9.98. The Labute approximate surface area is 113 Å². The second-order valence-electron chi connectivity index (χ2n) is 4.74. The van der Waals surface area contributed by atoms with Gasteiger partial charge in [-0.05, 0) is 11.6 Å². The van der Waals surface area contributed by atoms with E-state index in [1.165, 1.54) is 6.21 Å². The lowest BCUT2D eigenvalue weighted by molar-refractivity contribution is -0.139. The van der Waals surface area contributed by atoms with Crippen molar-refractivity contribution in [2.75, 3.05) is 0 Å². The monoisotopic (exact) mass is 272 g/mol. The number of fused-ring (bicyclic) bond motifs is 3. The van der Waals surface area contributed by atoms with Gasteiger partial charge in [0.05, 0.1) is 0 Å². The number of nitrogens with zero attached hydrogens (tertiary/aromatic N) is 1. The Bertz CT molecular complexity index is 732. The molecule has 0 spiro atoms. The molecule has 0 amide bonds. The molecule has 2 unspecified atom stereocenters. The van der Waals surface area contributed by atoms with E-state index in [-0.39, 0.29) is 6.42 Å². The highest BCUT2D eigenvalue weighted by molar-refractivity contribution is 5.99. The fourth-order valence-corrected chi connectivity index (χ4v) is 2.56. The first-order valence-corrected chi connectivity index (χ1v) is 6.16. The van der Waals surface area contributed by atoms with Gasteiger partial charge < -0.3 is 15.2 Å². The molecule has 0 fully saturated rings. The number of aliphatic carboxylic acids is 2. The Morgan fingerprint density at radius 3 is 2.65 bits per heavy atom. The number of aromatic amines is 1. The van der Waals surface area contributed by atoms with Crippen LogP contribution in [0.15, 0.2) is 29.3 Å². The standard InChI is InChI=1S/C14H12N2O4/c17-13(18)9-6-15-11(14(19)20)5-8-7-3-1-2-4-10(7)16-12(8)9/h1-4,6,9,11,16H,5H2,(H,17,18)(H,19,20). The molecule has 3 rings (SSSR count).